The molecule has 0 aromatic carbocycles. The summed E-state index contributed by atoms with van der Waals surface area (Å²) < 4.78 is 32.3. The lowest BCUT2D eigenvalue weighted by molar-refractivity contribution is 0.0353. The monoisotopic (exact) mass is 223 g/mol. The van der Waals surface area contributed by atoms with Crippen LogP contribution in [0.3, 0.4) is 0 Å². The van der Waals surface area contributed by atoms with E-state index in [9.17, 15) is 8.42 Å². The van der Waals surface area contributed by atoms with Crippen LogP contribution in [0.15, 0.2) is 0 Å². The minimum absolute atomic E-state index is 0.243. The lowest BCUT2D eigenvalue weighted by atomic mass is 10.3. The van der Waals surface area contributed by atoms with Crippen molar-refractivity contribution in [2.75, 3.05) is 32.8 Å². The molecule has 1 heterocycles. The molecule has 0 amide bonds. The number of nitrogens with one attached hydrogen (secondary N) is 1. The van der Waals surface area contributed by atoms with Crippen LogP contribution in [0.25, 0.3) is 0 Å². The van der Waals surface area contributed by atoms with E-state index in [0.29, 0.717) is 26.3 Å². The molecule has 1 saturated heterocycles. The maximum Gasteiger partial charge on any atom is 0.279 e. The van der Waals surface area contributed by atoms with E-state index >= 15 is 0 Å². The molecular formula is C7H17N3O3S. The highest BCUT2D eigenvalue weighted by Crippen LogP contribution is 2.09. The van der Waals surface area contributed by atoms with Crippen molar-refractivity contribution in [1.82, 2.24) is 9.03 Å². The summed E-state index contributed by atoms with van der Waals surface area (Å²) in [5, 5.41) is 0. The predicted molar refractivity (Wildman–Crippen MR) is 53.0 cm³/mol. The first-order valence-electron chi connectivity index (χ1n) is 4.66. The van der Waals surface area contributed by atoms with Gasteiger partial charge in [-0.25, -0.2) is 4.72 Å². The summed E-state index contributed by atoms with van der Waals surface area (Å²) in [5.74, 6) is 0. The van der Waals surface area contributed by atoms with E-state index in [1.165, 1.54) is 4.31 Å². The van der Waals surface area contributed by atoms with Crippen molar-refractivity contribution in [3.63, 3.8) is 0 Å². The van der Waals surface area contributed by atoms with Gasteiger partial charge in [-0.15, -0.1) is 0 Å². The Bertz CT molecular complexity index is 267. The first-order valence-corrected chi connectivity index (χ1v) is 6.10. The third kappa shape index (κ3) is 2.64. The molecule has 0 radical (unpaired) electrons. The zero-order chi connectivity index (χ0) is 10.6. The molecule has 3 N–H and O–H groups in total. The van der Waals surface area contributed by atoms with Crippen LogP contribution in [-0.4, -0.2) is 51.6 Å². The molecular weight excluding hydrogens is 206 g/mol. The van der Waals surface area contributed by atoms with Crippen molar-refractivity contribution in [2.45, 2.75) is 13.0 Å². The lowest BCUT2D eigenvalue weighted by Gasteiger charge is -2.33. The Labute approximate surface area is 84.6 Å². The van der Waals surface area contributed by atoms with Crippen LogP contribution in [0, 0.1) is 0 Å². The number of hydrogen-bond acceptors (Lipinski definition) is 4. The maximum absolute atomic E-state index is 11.7. The van der Waals surface area contributed by atoms with E-state index in [2.05, 4.69) is 4.72 Å². The van der Waals surface area contributed by atoms with Crippen LogP contribution in [0.5, 0.6) is 0 Å². The number of hydrogen-bond donors (Lipinski definition) is 2. The minimum atomic E-state index is -3.37. The quantitative estimate of drug-likeness (QED) is 0.607. The van der Waals surface area contributed by atoms with Crippen molar-refractivity contribution in [3.8, 4) is 0 Å². The summed E-state index contributed by atoms with van der Waals surface area (Å²) in [5.41, 5.74) is 5.47. The zero-order valence-corrected chi connectivity index (χ0v) is 9.09. The molecule has 1 aliphatic heterocycles. The number of nitrogens with zero attached hydrogens (tertiary/aromatic N) is 1. The Balaban J connectivity index is 2.72. The van der Waals surface area contributed by atoms with Gasteiger partial charge in [-0.2, -0.15) is 12.7 Å². The number of rotatable bonds is 4. The molecule has 1 unspecified atom stereocenters. The summed E-state index contributed by atoms with van der Waals surface area (Å²) in [6.45, 7) is 3.59. The number of ether oxygens (including phenoxy) is 1. The molecule has 6 nitrogen and oxygen atoms in total. The molecule has 0 aromatic rings. The van der Waals surface area contributed by atoms with E-state index in [-0.39, 0.29) is 12.6 Å². The van der Waals surface area contributed by atoms with E-state index in [1.807, 2.05) is 0 Å². The molecule has 0 aliphatic carbocycles. The Hall–Kier alpha value is -0.210. The average Bonchev–Trinajstić information content (AvgIpc) is 2.18. The number of nitrogens with two attached hydrogens (primary N) is 1. The molecule has 7 heteroatoms. The molecule has 1 aliphatic rings. The Kier molecular flexibility index (Phi) is 4.27. The second kappa shape index (κ2) is 5.04. The van der Waals surface area contributed by atoms with E-state index < -0.39 is 10.2 Å². The normalized spacial score (nSPS) is 25.1. The van der Waals surface area contributed by atoms with Gasteiger partial charge in [-0.3, -0.25) is 0 Å². The predicted octanol–water partition coefficient (Wildman–Crippen LogP) is -1.50. The van der Waals surface area contributed by atoms with E-state index in [0.717, 1.165) is 0 Å². The van der Waals surface area contributed by atoms with Crippen LogP contribution in [0.2, 0.25) is 0 Å². The summed E-state index contributed by atoms with van der Waals surface area (Å²) in [6.07, 6.45) is 0. The number of morpholine rings is 1. The van der Waals surface area contributed by atoms with Crippen LogP contribution in [0.4, 0.5) is 0 Å². The van der Waals surface area contributed by atoms with Crippen LogP contribution in [-0.2, 0) is 14.9 Å². The van der Waals surface area contributed by atoms with Gasteiger partial charge in [0.25, 0.3) is 10.2 Å². The smallest absolute Gasteiger partial charge is 0.279 e. The Morgan fingerprint density at radius 1 is 1.64 bits per heavy atom. The molecule has 84 valence electrons. The van der Waals surface area contributed by atoms with Gasteiger partial charge in [0.2, 0.25) is 0 Å². The summed E-state index contributed by atoms with van der Waals surface area (Å²) >= 11 is 0. The second-order valence-corrected chi connectivity index (χ2v) is 4.79. The van der Waals surface area contributed by atoms with Crippen molar-refractivity contribution in [3.05, 3.63) is 0 Å². The van der Waals surface area contributed by atoms with Crippen LogP contribution >= 0.6 is 0 Å². The minimum Gasteiger partial charge on any atom is -0.378 e. The first-order chi connectivity index (χ1) is 6.61. The van der Waals surface area contributed by atoms with E-state index in [1.54, 1.807) is 6.92 Å². The first kappa shape index (κ1) is 11.9. The van der Waals surface area contributed by atoms with Gasteiger partial charge in [0.15, 0.2) is 0 Å². The summed E-state index contributed by atoms with van der Waals surface area (Å²) in [7, 11) is -3.37. The van der Waals surface area contributed by atoms with Gasteiger partial charge in [-0.1, -0.05) is 6.92 Å². The Morgan fingerprint density at radius 3 is 2.93 bits per heavy atom. The fraction of sp³-hybridized carbons (Fsp3) is 1.00. The highest BCUT2D eigenvalue weighted by atomic mass is 32.2. The molecule has 1 atom stereocenters. The molecule has 14 heavy (non-hydrogen) atoms. The average molecular weight is 223 g/mol. The third-order valence-corrected chi connectivity index (χ3v) is 3.83. The van der Waals surface area contributed by atoms with Gasteiger partial charge < -0.3 is 10.5 Å². The second-order valence-electron chi connectivity index (χ2n) is 3.08. The van der Waals surface area contributed by atoms with Crippen molar-refractivity contribution in [1.29, 1.82) is 0 Å². The third-order valence-electron chi connectivity index (χ3n) is 2.08. The van der Waals surface area contributed by atoms with Gasteiger partial charge >= 0.3 is 0 Å². The van der Waals surface area contributed by atoms with Crippen molar-refractivity contribution < 1.29 is 13.2 Å². The fourth-order valence-electron chi connectivity index (χ4n) is 1.41. The molecule has 0 saturated carbocycles. The molecule has 0 bridgehead atoms. The van der Waals surface area contributed by atoms with Gasteiger partial charge in [-0.05, 0) is 0 Å². The van der Waals surface area contributed by atoms with Crippen LogP contribution in [0.1, 0.15) is 6.92 Å². The molecule has 0 spiro atoms. The van der Waals surface area contributed by atoms with Crippen LogP contribution < -0.4 is 10.5 Å². The Morgan fingerprint density at radius 2 is 2.36 bits per heavy atom. The van der Waals surface area contributed by atoms with Crippen molar-refractivity contribution >= 4 is 10.2 Å². The summed E-state index contributed by atoms with van der Waals surface area (Å²) in [6, 6.07) is -0.243. The summed E-state index contributed by atoms with van der Waals surface area (Å²) in [4.78, 5) is 0. The zero-order valence-electron chi connectivity index (χ0n) is 8.27. The van der Waals surface area contributed by atoms with E-state index in [4.69, 9.17) is 10.5 Å². The molecule has 1 rings (SSSR count). The van der Waals surface area contributed by atoms with Gasteiger partial charge in [0, 0.05) is 19.6 Å². The molecule has 1 fully saturated rings. The molecule has 0 aromatic heterocycles. The van der Waals surface area contributed by atoms with Gasteiger partial charge in [0.1, 0.15) is 0 Å². The lowest BCUT2D eigenvalue weighted by Crippen LogP contribution is -2.55. The largest absolute Gasteiger partial charge is 0.378 e. The highest BCUT2D eigenvalue weighted by molar-refractivity contribution is 7.87. The van der Waals surface area contributed by atoms with Crippen molar-refractivity contribution in [2.24, 2.45) is 5.73 Å². The highest BCUT2D eigenvalue weighted by Gasteiger charge is 2.31. The SMILES string of the molecule is CCNS(=O)(=O)N1CCOCC1CN. The fourth-order valence-corrected chi connectivity index (χ4v) is 2.79. The maximum atomic E-state index is 11.7. The topological polar surface area (TPSA) is 84.7 Å². The standard InChI is InChI=1S/C7H17N3O3S/c1-2-9-14(11,12)10-3-4-13-6-7(10)5-8/h7,9H,2-6,8H2,1H3. The van der Waals surface area contributed by atoms with Gasteiger partial charge in [0.05, 0.1) is 19.3 Å².